The van der Waals surface area contributed by atoms with Gasteiger partial charge in [0.15, 0.2) is 0 Å². The fourth-order valence-electron chi connectivity index (χ4n) is 3.58. The molecule has 1 aromatic carbocycles. The topological polar surface area (TPSA) is 62.5 Å². The minimum Gasteiger partial charge on any atom is -0.469 e. The predicted octanol–water partition coefficient (Wildman–Crippen LogP) is 3.05. The third kappa shape index (κ3) is 4.06. The number of anilines is 1. The standard InChI is InChI=1S/C22H24N4O2/c1-17-5-7-18(8-6-17)20(16-19-4-2-15-28-19)21(27)25-11-13-26(14-12-25)22-23-9-3-10-24-22/h2-10,15,20H,11-14,16H2,1H3. The van der Waals surface area contributed by atoms with Crippen LogP contribution in [0.2, 0.25) is 0 Å². The molecule has 1 aliphatic rings. The van der Waals surface area contributed by atoms with Gasteiger partial charge in [0.2, 0.25) is 11.9 Å². The Hall–Kier alpha value is -3.15. The van der Waals surface area contributed by atoms with E-state index in [1.54, 1.807) is 18.7 Å². The van der Waals surface area contributed by atoms with Crippen LogP contribution in [0.1, 0.15) is 22.8 Å². The molecule has 144 valence electrons. The molecule has 1 unspecified atom stereocenters. The van der Waals surface area contributed by atoms with E-state index in [0.29, 0.717) is 19.5 Å². The number of nitrogens with zero attached hydrogens (tertiary/aromatic N) is 4. The van der Waals surface area contributed by atoms with E-state index < -0.39 is 0 Å². The predicted molar refractivity (Wildman–Crippen MR) is 107 cm³/mol. The molecular formula is C22H24N4O2. The normalized spacial score (nSPS) is 15.5. The Balaban J connectivity index is 1.48. The highest BCUT2D eigenvalue weighted by molar-refractivity contribution is 5.84. The summed E-state index contributed by atoms with van der Waals surface area (Å²) in [4.78, 5) is 26.1. The average molecular weight is 376 g/mol. The molecule has 1 atom stereocenters. The van der Waals surface area contributed by atoms with Gasteiger partial charge in [0.1, 0.15) is 5.76 Å². The summed E-state index contributed by atoms with van der Waals surface area (Å²) in [6.45, 7) is 4.85. The van der Waals surface area contributed by atoms with Gasteiger partial charge in [-0.25, -0.2) is 9.97 Å². The number of aromatic nitrogens is 2. The maximum atomic E-state index is 13.4. The average Bonchev–Trinajstić information content (AvgIpc) is 3.26. The van der Waals surface area contributed by atoms with Crippen LogP contribution >= 0.6 is 0 Å². The molecule has 0 radical (unpaired) electrons. The number of aryl methyl sites for hydroxylation is 1. The van der Waals surface area contributed by atoms with Crippen molar-refractivity contribution in [3.8, 4) is 0 Å². The highest BCUT2D eigenvalue weighted by Gasteiger charge is 2.30. The molecule has 3 aromatic rings. The Morgan fingerprint density at radius 2 is 1.75 bits per heavy atom. The zero-order valence-electron chi connectivity index (χ0n) is 16.0. The summed E-state index contributed by atoms with van der Waals surface area (Å²) in [5.74, 6) is 1.45. The first kappa shape index (κ1) is 18.2. The summed E-state index contributed by atoms with van der Waals surface area (Å²) >= 11 is 0. The Morgan fingerprint density at radius 3 is 2.39 bits per heavy atom. The number of carbonyl (C=O) groups excluding carboxylic acids is 1. The lowest BCUT2D eigenvalue weighted by atomic mass is 9.92. The second-order valence-corrected chi connectivity index (χ2v) is 7.11. The van der Waals surface area contributed by atoms with Crippen LogP contribution in [0.25, 0.3) is 0 Å². The first-order valence-corrected chi connectivity index (χ1v) is 9.60. The van der Waals surface area contributed by atoms with Gasteiger partial charge in [0.05, 0.1) is 12.2 Å². The summed E-state index contributed by atoms with van der Waals surface area (Å²) in [5.41, 5.74) is 2.21. The van der Waals surface area contributed by atoms with E-state index in [2.05, 4.69) is 46.1 Å². The second-order valence-electron chi connectivity index (χ2n) is 7.11. The highest BCUT2D eigenvalue weighted by Crippen LogP contribution is 2.25. The Kier molecular flexibility index (Phi) is 5.37. The maximum Gasteiger partial charge on any atom is 0.230 e. The van der Waals surface area contributed by atoms with Crippen LogP contribution in [0.3, 0.4) is 0 Å². The number of hydrogen-bond acceptors (Lipinski definition) is 5. The molecule has 4 rings (SSSR count). The molecule has 6 nitrogen and oxygen atoms in total. The van der Waals surface area contributed by atoms with Crippen LogP contribution in [0.4, 0.5) is 5.95 Å². The van der Waals surface area contributed by atoms with Crippen LogP contribution in [-0.4, -0.2) is 47.0 Å². The third-order valence-electron chi connectivity index (χ3n) is 5.19. The van der Waals surface area contributed by atoms with E-state index in [0.717, 1.165) is 30.4 Å². The van der Waals surface area contributed by atoms with Gasteiger partial charge in [-0.1, -0.05) is 29.8 Å². The molecule has 0 N–H and O–H groups in total. The van der Waals surface area contributed by atoms with Gasteiger partial charge >= 0.3 is 0 Å². The molecule has 0 bridgehead atoms. The van der Waals surface area contributed by atoms with E-state index in [1.807, 2.05) is 23.1 Å². The second kappa shape index (κ2) is 8.25. The first-order chi connectivity index (χ1) is 13.7. The summed E-state index contributed by atoms with van der Waals surface area (Å²) < 4.78 is 5.53. The summed E-state index contributed by atoms with van der Waals surface area (Å²) in [6.07, 6.45) is 5.72. The molecule has 3 heterocycles. The van der Waals surface area contributed by atoms with E-state index in [9.17, 15) is 4.79 Å². The van der Waals surface area contributed by atoms with Crippen LogP contribution in [-0.2, 0) is 11.2 Å². The van der Waals surface area contributed by atoms with E-state index in [4.69, 9.17) is 4.42 Å². The number of piperazine rings is 1. The molecule has 1 amide bonds. The van der Waals surface area contributed by atoms with E-state index in [1.165, 1.54) is 5.56 Å². The van der Waals surface area contributed by atoms with Crippen LogP contribution < -0.4 is 4.90 Å². The summed E-state index contributed by atoms with van der Waals surface area (Å²) in [6, 6.07) is 13.8. The number of amides is 1. The molecular weight excluding hydrogens is 352 g/mol. The number of furan rings is 1. The Labute approximate surface area is 164 Å². The van der Waals surface area contributed by atoms with Gasteiger partial charge in [-0.15, -0.1) is 0 Å². The van der Waals surface area contributed by atoms with Crippen LogP contribution in [0, 0.1) is 6.92 Å². The zero-order valence-corrected chi connectivity index (χ0v) is 16.0. The number of hydrogen-bond donors (Lipinski definition) is 0. The summed E-state index contributed by atoms with van der Waals surface area (Å²) in [5, 5.41) is 0. The molecule has 28 heavy (non-hydrogen) atoms. The number of rotatable bonds is 5. The lowest BCUT2D eigenvalue weighted by Gasteiger charge is -2.36. The lowest BCUT2D eigenvalue weighted by molar-refractivity contribution is -0.133. The van der Waals surface area contributed by atoms with Gasteiger partial charge in [-0.05, 0) is 30.7 Å². The fourth-order valence-corrected chi connectivity index (χ4v) is 3.58. The molecule has 1 aliphatic heterocycles. The molecule has 1 saturated heterocycles. The monoisotopic (exact) mass is 376 g/mol. The van der Waals surface area contributed by atoms with Crippen molar-refractivity contribution in [2.75, 3.05) is 31.1 Å². The van der Waals surface area contributed by atoms with Gasteiger partial charge in [-0.2, -0.15) is 0 Å². The molecule has 0 spiro atoms. The van der Waals surface area contributed by atoms with Gasteiger partial charge in [0, 0.05) is 45.0 Å². The zero-order chi connectivity index (χ0) is 19.3. The smallest absolute Gasteiger partial charge is 0.230 e. The molecule has 1 fully saturated rings. The molecule has 6 heteroatoms. The number of benzene rings is 1. The molecule has 0 saturated carbocycles. The largest absolute Gasteiger partial charge is 0.469 e. The van der Waals surface area contributed by atoms with Crippen molar-refractivity contribution in [2.45, 2.75) is 19.3 Å². The Morgan fingerprint density at radius 1 is 1.04 bits per heavy atom. The van der Waals surface area contributed by atoms with Crippen molar-refractivity contribution < 1.29 is 9.21 Å². The fraction of sp³-hybridized carbons (Fsp3) is 0.318. The van der Waals surface area contributed by atoms with Gasteiger partial charge in [0.25, 0.3) is 0 Å². The SMILES string of the molecule is Cc1ccc(C(Cc2ccco2)C(=O)N2CCN(c3ncccn3)CC2)cc1. The molecule has 2 aromatic heterocycles. The van der Waals surface area contributed by atoms with Crippen LogP contribution in [0.5, 0.6) is 0 Å². The van der Waals surface area contributed by atoms with Crippen molar-refractivity contribution in [1.29, 1.82) is 0 Å². The summed E-state index contributed by atoms with van der Waals surface area (Å²) in [7, 11) is 0. The van der Waals surface area contributed by atoms with E-state index in [-0.39, 0.29) is 11.8 Å². The first-order valence-electron chi connectivity index (χ1n) is 9.60. The minimum absolute atomic E-state index is 0.147. The van der Waals surface area contributed by atoms with E-state index >= 15 is 0 Å². The quantitative estimate of drug-likeness (QED) is 0.685. The van der Waals surface area contributed by atoms with Crippen molar-refractivity contribution in [1.82, 2.24) is 14.9 Å². The van der Waals surface area contributed by atoms with Crippen molar-refractivity contribution >= 4 is 11.9 Å². The minimum atomic E-state index is -0.244. The Bertz CT molecular complexity index is 886. The third-order valence-corrected chi connectivity index (χ3v) is 5.19. The lowest BCUT2D eigenvalue weighted by Crippen LogP contribution is -2.50. The number of carbonyl (C=O) groups is 1. The van der Waals surface area contributed by atoms with Crippen molar-refractivity contribution in [3.05, 3.63) is 78.0 Å². The molecule has 0 aliphatic carbocycles. The maximum absolute atomic E-state index is 13.4. The van der Waals surface area contributed by atoms with Gasteiger partial charge in [-0.3, -0.25) is 4.79 Å². The highest BCUT2D eigenvalue weighted by atomic mass is 16.3. The van der Waals surface area contributed by atoms with Gasteiger partial charge < -0.3 is 14.2 Å². The van der Waals surface area contributed by atoms with Crippen molar-refractivity contribution in [2.24, 2.45) is 0 Å². The van der Waals surface area contributed by atoms with Crippen molar-refractivity contribution in [3.63, 3.8) is 0 Å². The van der Waals surface area contributed by atoms with Crippen LogP contribution in [0.15, 0.2) is 65.5 Å².